The van der Waals surface area contributed by atoms with Crippen molar-refractivity contribution in [3.8, 4) is 5.75 Å². The summed E-state index contributed by atoms with van der Waals surface area (Å²) in [6.45, 7) is -1.03. The molecular weight excluding hydrogens is 390 g/mol. The van der Waals surface area contributed by atoms with Crippen molar-refractivity contribution >= 4 is 37.8 Å². The Hall–Kier alpha value is -0.690. The second kappa shape index (κ2) is 7.79. The molecule has 0 fully saturated rings. The number of carbonyl (C=O) groups is 1. The van der Waals surface area contributed by atoms with Gasteiger partial charge >= 0.3 is 12.6 Å². The van der Waals surface area contributed by atoms with Gasteiger partial charge in [0, 0.05) is 10.9 Å². The summed E-state index contributed by atoms with van der Waals surface area (Å²) in [6.07, 6.45) is -0.116. The number of ether oxygens (including phenoxy) is 2. The van der Waals surface area contributed by atoms with Crippen LogP contribution in [0.4, 0.5) is 8.78 Å². The largest absolute Gasteiger partial charge is 0.466 e. The highest BCUT2D eigenvalue weighted by Gasteiger charge is 2.17. The van der Waals surface area contributed by atoms with Crippen LogP contribution in [-0.4, -0.2) is 19.2 Å². The maximum absolute atomic E-state index is 12.4. The fourth-order valence-corrected chi connectivity index (χ4v) is 2.48. The molecule has 0 spiro atoms. The second-order valence-corrected chi connectivity index (χ2v) is 4.97. The minimum atomic E-state index is -2.95. The van der Waals surface area contributed by atoms with Gasteiger partial charge in [-0.2, -0.15) is 8.78 Å². The maximum atomic E-state index is 12.4. The molecule has 3 nitrogen and oxygen atoms in total. The number of hydrogen-bond acceptors (Lipinski definition) is 3. The van der Waals surface area contributed by atoms with Gasteiger partial charge in [-0.15, -0.1) is 0 Å². The molecule has 0 radical (unpaired) electrons. The Bertz CT molecular complexity index is 453. The molecular formula is C12H12Br2F2O3. The summed E-state index contributed by atoms with van der Waals surface area (Å²) in [5.74, 6) is -0.520. The number of benzene rings is 1. The van der Waals surface area contributed by atoms with Crippen LogP contribution < -0.4 is 4.74 Å². The molecule has 0 N–H and O–H groups in total. The molecule has 0 bridgehead atoms. The van der Waals surface area contributed by atoms with Gasteiger partial charge in [-0.25, -0.2) is 0 Å². The first kappa shape index (κ1) is 16.4. The van der Waals surface area contributed by atoms with E-state index in [2.05, 4.69) is 36.6 Å². The number of rotatable bonds is 6. The van der Waals surface area contributed by atoms with E-state index in [1.165, 1.54) is 0 Å². The Kier molecular flexibility index (Phi) is 6.71. The summed E-state index contributed by atoms with van der Waals surface area (Å²) in [5, 5.41) is 0.538. The Morgan fingerprint density at radius 3 is 2.63 bits per heavy atom. The summed E-state index contributed by atoms with van der Waals surface area (Å²) in [6, 6.07) is 3.29. The quantitative estimate of drug-likeness (QED) is 0.532. The number of alkyl halides is 3. The Morgan fingerprint density at radius 1 is 1.42 bits per heavy atom. The highest BCUT2D eigenvalue weighted by molar-refractivity contribution is 9.10. The lowest BCUT2D eigenvalue weighted by Gasteiger charge is -2.14. The minimum absolute atomic E-state index is 0.0345. The van der Waals surface area contributed by atoms with E-state index in [1.807, 2.05) is 0 Å². The van der Waals surface area contributed by atoms with Gasteiger partial charge in [0.05, 0.1) is 17.5 Å². The normalized spacial score (nSPS) is 10.6. The smallest absolute Gasteiger partial charge is 0.387 e. The van der Waals surface area contributed by atoms with Gasteiger partial charge in [-0.05, 0) is 34.5 Å². The van der Waals surface area contributed by atoms with Crippen LogP contribution in [0, 0.1) is 0 Å². The summed E-state index contributed by atoms with van der Waals surface area (Å²) < 4.78 is 34.4. The lowest BCUT2D eigenvalue weighted by atomic mass is 10.1. The van der Waals surface area contributed by atoms with Crippen LogP contribution in [0.5, 0.6) is 5.75 Å². The average Bonchev–Trinajstić information content (AvgIpc) is 2.33. The molecule has 0 saturated heterocycles. The van der Waals surface area contributed by atoms with Crippen molar-refractivity contribution in [3.63, 3.8) is 0 Å². The molecule has 1 rings (SSSR count). The van der Waals surface area contributed by atoms with Crippen LogP contribution in [0.3, 0.4) is 0 Å². The average molecular weight is 402 g/mol. The van der Waals surface area contributed by atoms with E-state index in [-0.39, 0.29) is 18.8 Å². The number of carbonyl (C=O) groups excluding carboxylic acids is 1. The zero-order valence-electron chi connectivity index (χ0n) is 10.1. The summed E-state index contributed by atoms with van der Waals surface area (Å²) in [7, 11) is 0. The number of hydrogen-bond donors (Lipinski definition) is 0. The zero-order valence-corrected chi connectivity index (χ0v) is 13.3. The SMILES string of the molecule is CCOC(=O)Cc1cc(CBr)cc(Br)c1OC(F)F. The molecule has 0 aromatic heterocycles. The molecule has 0 aliphatic heterocycles. The van der Waals surface area contributed by atoms with Crippen molar-refractivity contribution < 1.29 is 23.0 Å². The Morgan fingerprint density at radius 2 is 2.11 bits per heavy atom. The summed E-state index contributed by atoms with van der Waals surface area (Å²) in [4.78, 5) is 11.5. The topological polar surface area (TPSA) is 35.5 Å². The zero-order chi connectivity index (χ0) is 14.4. The molecule has 1 aromatic carbocycles. The maximum Gasteiger partial charge on any atom is 0.387 e. The van der Waals surface area contributed by atoms with Gasteiger partial charge < -0.3 is 9.47 Å². The molecule has 0 heterocycles. The fourth-order valence-electron chi connectivity index (χ4n) is 1.51. The molecule has 19 heavy (non-hydrogen) atoms. The van der Waals surface area contributed by atoms with Crippen molar-refractivity contribution in [3.05, 3.63) is 27.7 Å². The second-order valence-electron chi connectivity index (χ2n) is 3.56. The van der Waals surface area contributed by atoms with Crippen LogP contribution in [0.2, 0.25) is 0 Å². The van der Waals surface area contributed by atoms with Crippen LogP contribution >= 0.6 is 31.9 Å². The van der Waals surface area contributed by atoms with Gasteiger partial charge in [0.1, 0.15) is 5.75 Å². The lowest BCUT2D eigenvalue weighted by Crippen LogP contribution is -2.11. The molecule has 0 saturated carbocycles. The highest BCUT2D eigenvalue weighted by Crippen LogP contribution is 2.33. The van der Waals surface area contributed by atoms with Crippen LogP contribution in [0.25, 0.3) is 0 Å². The standard InChI is InChI=1S/C12H12Br2F2O3/c1-2-18-10(17)5-8-3-7(6-13)4-9(14)11(8)19-12(15)16/h3-4,12H,2,5-6H2,1H3. The molecule has 0 amide bonds. The van der Waals surface area contributed by atoms with Crippen molar-refractivity contribution in [1.29, 1.82) is 0 Å². The predicted molar refractivity (Wildman–Crippen MR) is 73.7 cm³/mol. The molecule has 0 unspecified atom stereocenters. The van der Waals surface area contributed by atoms with E-state index >= 15 is 0 Å². The van der Waals surface area contributed by atoms with E-state index in [0.29, 0.717) is 15.4 Å². The summed E-state index contributed by atoms with van der Waals surface area (Å²) >= 11 is 6.44. The van der Waals surface area contributed by atoms with Crippen LogP contribution in [-0.2, 0) is 21.3 Å². The molecule has 0 aliphatic carbocycles. The highest BCUT2D eigenvalue weighted by atomic mass is 79.9. The summed E-state index contributed by atoms with van der Waals surface area (Å²) in [5.41, 5.74) is 1.20. The van der Waals surface area contributed by atoms with E-state index in [0.717, 1.165) is 5.56 Å². The first-order valence-electron chi connectivity index (χ1n) is 5.45. The number of halogens is 4. The van der Waals surface area contributed by atoms with Gasteiger partial charge in [0.25, 0.3) is 0 Å². The minimum Gasteiger partial charge on any atom is -0.466 e. The number of esters is 1. The van der Waals surface area contributed by atoms with Crippen LogP contribution in [0.15, 0.2) is 16.6 Å². The van der Waals surface area contributed by atoms with Crippen molar-refractivity contribution in [1.82, 2.24) is 0 Å². The van der Waals surface area contributed by atoms with Gasteiger partial charge in [0.15, 0.2) is 0 Å². The first-order valence-corrected chi connectivity index (χ1v) is 7.37. The monoisotopic (exact) mass is 400 g/mol. The van der Waals surface area contributed by atoms with Crippen molar-refractivity contribution in [2.75, 3.05) is 6.61 Å². The van der Waals surface area contributed by atoms with E-state index in [4.69, 9.17) is 4.74 Å². The van der Waals surface area contributed by atoms with Gasteiger partial charge in [-0.3, -0.25) is 4.79 Å². The van der Waals surface area contributed by atoms with E-state index in [1.54, 1.807) is 19.1 Å². The predicted octanol–water partition coefficient (Wildman–Crippen LogP) is 4.05. The molecule has 0 atom stereocenters. The first-order chi connectivity index (χ1) is 8.97. The van der Waals surface area contributed by atoms with E-state index in [9.17, 15) is 13.6 Å². The van der Waals surface area contributed by atoms with Gasteiger partial charge in [0.2, 0.25) is 0 Å². The van der Waals surface area contributed by atoms with Crippen LogP contribution in [0.1, 0.15) is 18.1 Å². The molecule has 0 aliphatic rings. The molecule has 106 valence electrons. The molecule has 1 aromatic rings. The van der Waals surface area contributed by atoms with Crippen molar-refractivity contribution in [2.24, 2.45) is 0 Å². The molecule has 7 heteroatoms. The fraction of sp³-hybridized carbons (Fsp3) is 0.417. The van der Waals surface area contributed by atoms with Crippen molar-refractivity contribution in [2.45, 2.75) is 25.3 Å². The third-order valence-electron chi connectivity index (χ3n) is 2.18. The van der Waals surface area contributed by atoms with E-state index < -0.39 is 12.6 Å². The Labute approximate surface area is 126 Å². The third kappa shape index (κ3) is 5.06. The third-order valence-corrected chi connectivity index (χ3v) is 3.42. The Balaban J connectivity index is 3.08. The lowest BCUT2D eigenvalue weighted by molar-refractivity contribution is -0.142. The van der Waals surface area contributed by atoms with Gasteiger partial charge in [-0.1, -0.05) is 22.0 Å².